The van der Waals surface area contributed by atoms with Crippen LogP contribution >= 0.6 is 0 Å². The zero-order chi connectivity index (χ0) is 10.5. The fourth-order valence-electron chi connectivity index (χ4n) is 2.12. The van der Waals surface area contributed by atoms with Crippen molar-refractivity contribution in [2.45, 2.75) is 38.8 Å². The van der Waals surface area contributed by atoms with Crippen LogP contribution in [-0.4, -0.2) is 17.6 Å². The number of hydrogen-bond acceptors (Lipinski definition) is 2. The molecule has 2 nitrogen and oxygen atoms in total. The van der Waals surface area contributed by atoms with Crippen LogP contribution in [0.2, 0.25) is 0 Å². The van der Waals surface area contributed by atoms with Crippen LogP contribution in [0.1, 0.15) is 31.7 Å². The van der Waals surface area contributed by atoms with Gasteiger partial charge in [-0.2, -0.15) is 5.06 Å². The summed E-state index contributed by atoms with van der Waals surface area (Å²) in [6, 6.07) is 11.0. The quantitative estimate of drug-likeness (QED) is 0.749. The zero-order valence-electron chi connectivity index (χ0n) is 9.36. The molecule has 1 aliphatic rings. The summed E-state index contributed by atoms with van der Waals surface area (Å²) in [7, 11) is 0. The average molecular weight is 205 g/mol. The van der Waals surface area contributed by atoms with Gasteiger partial charge in [0.25, 0.3) is 0 Å². The molecule has 0 N–H and O–H groups in total. The highest BCUT2D eigenvalue weighted by Gasteiger charge is 2.23. The minimum atomic E-state index is 0.633. The predicted octanol–water partition coefficient (Wildman–Crippen LogP) is 2.99. The van der Waals surface area contributed by atoms with Crippen LogP contribution in [0.5, 0.6) is 0 Å². The maximum Gasteiger partial charge on any atom is 0.0936 e. The van der Waals surface area contributed by atoms with Crippen molar-refractivity contribution in [2.24, 2.45) is 0 Å². The number of hydroxylamine groups is 2. The van der Waals surface area contributed by atoms with Gasteiger partial charge in [0.15, 0.2) is 0 Å². The molecule has 2 rings (SSSR count). The number of hydrogen-bond donors (Lipinski definition) is 0. The highest BCUT2D eigenvalue weighted by molar-refractivity contribution is 5.13. The molecule has 1 heterocycles. The van der Waals surface area contributed by atoms with E-state index in [-0.39, 0.29) is 0 Å². The van der Waals surface area contributed by atoms with Crippen molar-refractivity contribution in [3.05, 3.63) is 35.9 Å². The molecule has 1 fully saturated rings. The first-order chi connectivity index (χ1) is 7.40. The van der Waals surface area contributed by atoms with Crippen LogP contribution in [0.4, 0.5) is 0 Å². The van der Waals surface area contributed by atoms with Crippen molar-refractivity contribution in [1.29, 1.82) is 0 Å². The van der Waals surface area contributed by atoms with Gasteiger partial charge < -0.3 is 0 Å². The molecule has 0 amide bonds. The van der Waals surface area contributed by atoms with E-state index < -0.39 is 0 Å². The summed E-state index contributed by atoms with van der Waals surface area (Å²) in [4.78, 5) is 5.83. The SMILES string of the molecule is CCC1CCCN1OCc1ccccc1. The van der Waals surface area contributed by atoms with E-state index in [1.165, 1.54) is 24.8 Å². The van der Waals surface area contributed by atoms with Crippen molar-refractivity contribution >= 4 is 0 Å². The monoisotopic (exact) mass is 205 g/mol. The normalized spacial score (nSPS) is 22.1. The van der Waals surface area contributed by atoms with Crippen LogP contribution in [0.3, 0.4) is 0 Å². The molecule has 0 radical (unpaired) electrons. The van der Waals surface area contributed by atoms with Crippen LogP contribution in [0.15, 0.2) is 30.3 Å². The van der Waals surface area contributed by atoms with Crippen molar-refractivity contribution in [1.82, 2.24) is 5.06 Å². The lowest BCUT2D eigenvalue weighted by molar-refractivity contribution is -0.179. The second-order valence-electron chi connectivity index (χ2n) is 4.10. The molecule has 0 saturated carbocycles. The second-order valence-corrected chi connectivity index (χ2v) is 4.10. The molecular formula is C13H19NO. The van der Waals surface area contributed by atoms with Gasteiger partial charge in [-0.15, -0.1) is 0 Å². The topological polar surface area (TPSA) is 12.5 Å². The Bertz CT molecular complexity index is 286. The number of nitrogens with zero attached hydrogens (tertiary/aromatic N) is 1. The smallest absolute Gasteiger partial charge is 0.0936 e. The summed E-state index contributed by atoms with van der Waals surface area (Å²) in [5.41, 5.74) is 1.25. The van der Waals surface area contributed by atoms with Crippen molar-refractivity contribution in [3.63, 3.8) is 0 Å². The molecule has 0 aromatic heterocycles. The summed E-state index contributed by atoms with van der Waals surface area (Å²) in [6.45, 7) is 4.03. The minimum absolute atomic E-state index is 0.633. The van der Waals surface area contributed by atoms with E-state index in [1.54, 1.807) is 0 Å². The first-order valence-corrected chi connectivity index (χ1v) is 5.83. The van der Waals surface area contributed by atoms with Crippen LogP contribution < -0.4 is 0 Å². The molecule has 1 aromatic carbocycles. The Balaban J connectivity index is 1.83. The Hall–Kier alpha value is -0.860. The van der Waals surface area contributed by atoms with Gasteiger partial charge in [0.2, 0.25) is 0 Å². The second kappa shape index (κ2) is 5.29. The molecule has 82 valence electrons. The van der Waals surface area contributed by atoms with Crippen LogP contribution in [0.25, 0.3) is 0 Å². The molecule has 15 heavy (non-hydrogen) atoms. The van der Waals surface area contributed by atoms with Gasteiger partial charge >= 0.3 is 0 Å². The molecule has 1 atom stereocenters. The van der Waals surface area contributed by atoms with Gasteiger partial charge in [-0.25, -0.2) is 0 Å². The van der Waals surface area contributed by atoms with Crippen molar-refractivity contribution in [3.8, 4) is 0 Å². The Kier molecular flexibility index (Phi) is 3.75. The lowest BCUT2D eigenvalue weighted by atomic mass is 10.2. The van der Waals surface area contributed by atoms with Gasteiger partial charge in [0, 0.05) is 12.6 Å². The Morgan fingerprint density at radius 1 is 1.33 bits per heavy atom. The van der Waals surface area contributed by atoms with E-state index in [9.17, 15) is 0 Å². The van der Waals surface area contributed by atoms with Gasteiger partial charge in [-0.1, -0.05) is 37.3 Å². The first kappa shape index (κ1) is 10.7. The molecule has 1 aromatic rings. The molecular weight excluding hydrogens is 186 g/mol. The van der Waals surface area contributed by atoms with Crippen molar-refractivity contribution < 1.29 is 4.84 Å². The highest BCUT2D eigenvalue weighted by Crippen LogP contribution is 2.20. The molecule has 0 bridgehead atoms. The zero-order valence-corrected chi connectivity index (χ0v) is 9.36. The first-order valence-electron chi connectivity index (χ1n) is 5.83. The summed E-state index contributed by atoms with van der Waals surface area (Å²) >= 11 is 0. The summed E-state index contributed by atoms with van der Waals surface area (Å²) in [6.07, 6.45) is 3.74. The molecule has 1 aliphatic heterocycles. The largest absolute Gasteiger partial charge is 0.294 e. The van der Waals surface area contributed by atoms with E-state index >= 15 is 0 Å². The van der Waals surface area contributed by atoms with E-state index in [1.807, 2.05) is 6.07 Å². The van der Waals surface area contributed by atoms with E-state index in [2.05, 4.69) is 36.3 Å². The van der Waals surface area contributed by atoms with Gasteiger partial charge in [0.1, 0.15) is 0 Å². The van der Waals surface area contributed by atoms with E-state index in [4.69, 9.17) is 4.84 Å². The van der Waals surface area contributed by atoms with Crippen LogP contribution in [0, 0.1) is 0 Å². The third-order valence-electron chi connectivity index (χ3n) is 3.03. The third-order valence-corrected chi connectivity index (χ3v) is 3.03. The third kappa shape index (κ3) is 2.80. The average Bonchev–Trinajstić information content (AvgIpc) is 2.75. The van der Waals surface area contributed by atoms with Gasteiger partial charge in [-0.05, 0) is 24.8 Å². The highest BCUT2D eigenvalue weighted by atomic mass is 16.7. The molecule has 1 saturated heterocycles. The lowest BCUT2D eigenvalue weighted by Crippen LogP contribution is -2.28. The lowest BCUT2D eigenvalue weighted by Gasteiger charge is -2.22. The molecule has 0 spiro atoms. The maximum atomic E-state index is 5.83. The van der Waals surface area contributed by atoms with Gasteiger partial charge in [0.05, 0.1) is 6.61 Å². The standard InChI is InChI=1S/C13H19NO/c1-2-13-9-6-10-14(13)15-11-12-7-4-3-5-8-12/h3-5,7-8,13H,2,6,9-11H2,1H3. The van der Waals surface area contributed by atoms with Crippen molar-refractivity contribution in [2.75, 3.05) is 6.54 Å². The van der Waals surface area contributed by atoms with E-state index in [0.29, 0.717) is 12.6 Å². The van der Waals surface area contributed by atoms with Gasteiger partial charge in [-0.3, -0.25) is 4.84 Å². The minimum Gasteiger partial charge on any atom is -0.294 e. The molecule has 2 heteroatoms. The molecule has 1 unspecified atom stereocenters. The Morgan fingerprint density at radius 2 is 2.13 bits per heavy atom. The fraction of sp³-hybridized carbons (Fsp3) is 0.538. The predicted molar refractivity (Wildman–Crippen MR) is 61.3 cm³/mol. The Morgan fingerprint density at radius 3 is 2.87 bits per heavy atom. The number of benzene rings is 1. The Labute approximate surface area is 91.8 Å². The van der Waals surface area contributed by atoms with Crippen LogP contribution in [-0.2, 0) is 11.4 Å². The number of rotatable bonds is 4. The summed E-state index contributed by atoms with van der Waals surface area (Å²) in [5, 5.41) is 2.16. The summed E-state index contributed by atoms with van der Waals surface area (Å²) < 4.78 is 0. The van der Waals surface area contributed by atoms with E-state index in [0.717, 1.165) is 6.54 Å². The maximum absolute atomic E-state index is 5.83. The summed E-state index contributed by atoms with van der Waals surface area (Å²) in [5.74, 6) is 0. The fourth-order valence-corrected chi connectivity index (χ4v) is 2.12. The molecule has 0 aliphatic carbocycles.